The van der Waals surface area contributed by atoms with Crippen LogP contribution in [-0.2, 0) is 24.3 Å². The Balaban J connectivity index is 2.24. The highest BCUT2D eigenvalue weighted by Crippen LogP contribution is 2.44. The summed E-state index contributed by atoms with van der Waals surface area (Å²) in [4.78, 5) is 24.1. The van der Waals surface area contributed by atoms with E-state index in [1.165, 1.54) is 23.4 Å². The molecule has 132 valence electrons. The van der Waals surface area contributed by atoms with Gasteiger partial charge in [0.05, 0.1) is 17.4 Å². The Morgan fingerprint density at radius 1 is 1.29 bits per heavy atom. The van der Waals surface area contributed by atoms with E-state index in [1.54, 1.807) is 26.0 Å². The van der Waals surface area contributed by atoms with Crippen molar-refractivity contribution >= 4 is 21.8 Å². The summed E-state index contributed by atoms with van der Waals surface area (Å²) < 4.78 is 31.7. The molecule has 1 heterocycles. The highest BCUT2D eigenvalue weighted by atomic mass is 32.2. The van der Waals surface area contributed by atoms with Crippen LogP contribution in [0.1, 0.15) is 32.8 Å². The van der Waals surface area contributed by atoms with Gasteiger partial charge in [-0.05, 0) is 39.3 Å². The van der Waals surface area contributed by atoms with E-state index < -0.39 is 27.4 Å². The normalized spacial score (nSPS) is 24.2. The fraction of sp³-hybridized carbons (Fsp3) is 0.529. The molecule has 0 saturated carbocycles. The van der Waals surface area contributed by atoms with Gasteiger partial charge in [-0.3, -0.25) is 9.59 Å². The van der Waals surface area contributed by atoms with E-state index in [1.807, 2.05) is 6.92 Å². The standard InChI is InChI=1S/C17H23NO5S/c1-5-23-16(20)13(3)10-17(14(4)19)11-18(17)24(21,22)15-8-6-12(2)7-9-15/h6-9,13H,5,10-11H2,1-4H3/t13-,17+,18?/m1/s1. The molecular weight excluding hydrogens is 330 g/mol. The molecule has 24 heavy (non-hydrogen) atoms. The van der Waals surface area contributed by atoms with Gasteiger partial charge in [-0.1, -0.05) is 24.6 Å². The minimum absolute atomic E-state index is 0.0995. The third-order valence-corrected chi connectivity index (χ3v) is 6.30. The summed E-state index contributed by atoms with van der Waals surface area (Å²) in [6, 6.07) is 6.49. The first-order chi connectivity index (χ1) is 11.1. The van der Waals surface area contributed by atoms with Gasteiger partial charge in [0.2, 0.25) is 10.0 Å². The summed E-state index contributed by atoms with van der Waals surface area (Å²) in [5.74, 6) is -1.22. The number of esters is 1. The Kier molecular flexibility index (Phi) is 5.15. The van der Waals surface area contributed by atoms with Crippen LogP contribution in [0.15, 0.2) is 29.2 Å². The predicted molar refractivity (Wildman–Crippen MR) is 88.9 cm³/mol. The van der Waals surface area contributed by atoms with Crippen molar-refractivity contribution in [3.05, 3.63) is 29.8 Å². The Morgan fingerprint density at radius 3 is 2.38 bits per heavy atom. The summed E-state index contributed by atoms with van der Waals surface area (Å²) in [6.45, 7) is 6.94. The van der Waals surface area contributed by atoms with Crippen molar-refractivity contribution in [3.8, 4) is 0 Å². The van der Waals surface area contributed by atoms with Gasteiger partial charge in [0.1, 0.15) is 5.54 Å². The lowest BCUT2D eigenvalue weighted by molar-refractivity contribution is -0.148. The summed E-state index contributed by atoms with van der Waals surface area (Å²) in [5.41, 5.74) is -0.191. The molecule has 1 fully saturated rings. The van der Waals surface area contributed by atoms with Gasteiger partial charge < -0.3 is 4.74 Å². The number of hydrogen-bond donors (Lipinski definition) is 0. The maximum Gasteiger partial charge on any atom is 0.308 e. The van der Waals surface area contributed by atoms with E-state index >= 15 is 0 Å². The number of carbonyl (C=O) groups excluding carboxylic acids is 2. The minimum atomic E-state index is -3.76. The van der Waals surface area contributed by atoms with E-state index in [-0.39, 0.29) is 30.3 Å². The highest BCUT2D eigenvalue weighted by molar-refractivity contribution is 7.89. The third kappa shape index (κ3) is 3.37. The number of ketones is 1. The average Bonchev–Trinajstić information content (AvgIpc) is 3.24. The second-order valence-electron chi connectivity index (χ2n) is 6.27. The molecular formula is C17H23NO5S. The Morgan fingerprint density at radius 2 is 1.88 bits per heavy atom. The van der Waals surface area contributed by atoms with Crippen LogP contribution in [0.4, 0.5) is 0 Å². The number of carbonyl (C=O) groups is 2. The SMILES string of the molecule is CCOC(=O)[C@H](C)C[C@@]1(C(C)=O)CN1S(=O)(=O)c1ccc(C)cc1. The molecule has 1 aromatic rings. The minimum Gasteiger partial charge on any atom is -0.466 e. The van der Waals surface area contributed by atoms with Gasteiger partial charge in [-0.25, -0.2) is 8.42 Å². The van der Waals surface area contributed by atoms with Crippen LogP contribution in [-0.4, -0.2) is 43.2 Å². The molecule has 0 aromatic heterocycles. The van der Waals surface area contributed by atoms with E-state index in [0.717, 1.165) is 5.56 Å². The number of hydrogen-bond acceptors (Lipinski definition) is 5. The molecule has 1 saturated heterocycles. The average molecular weight is 353 g/mol. The van der Waals surface area contributed by atoms with Gasteiger partial charge in [0.25, 0.3) is 0 Å². The number of Topliss-reactive ketones (excluding diaryl/α,β-unsaturated/α-hetero) is 1. The van der Waals surface area contributed by atoms with Crippen molar-refractivity contribution in [2.75, 3.05) is 13.2 Å². The van der Waals surface area contributed by atoms with Crippen LogP contribution in [0, 0.1) is 12.8 Å². The number of ether oxygens (including phenoxy) is 1. The highest BCUT2D eigenvalue weighted by Gasteiger charge is 2.63. The Labute approximate surface area is 142 Å². The van der Waals surface area contributed by atoms with Crippen molar-refractivity contribution in [3.63, 3.8) is 0 Å². The van der Waals surface area contributed by atoms with Crippen LogP contribution >= 0.6 is 0 Å². The number of nitrogens with zero attached hydrogens (tertiary/aromatic N) is 1. The van der Waals surface area contributed by atoms with Gasteiger partial charge in [0.15, 0.2) is 5.78 Å². The second-order valence-corrected chi connectivity index (χ2v) is 8.13. The maximum absolute atomic E-state index is 12.8. The van der Waals surface area contributed by atoms with E-state index in [2.05, 4.69) is 0 Å². The molecule has 2 rings (SSSR count). The molecule has 7 heteroatoms. The van der Waals surface area contributed by atoms with Crippen LogP contribution < -0.4 is 0 Å². The van der Waals surface area contributed by atoms with Crippen LogP contribution in [0.3, 0.4) is 0 Å². The smallest absolute Gasteiger partial charge is 0.308 e. The van der Waals surface area contributed by atoms with Crippen LogP contribution in [0.25, 0.3) is 0 Å². The maximum atomic E-state index is 12.8. The van der Waals surface area contributed by atoms with Gasteiger partial charge in [-0.2, -0.15) is 4.31 Å². The first-order valence-electron chi connectivity index (χ1n) is 7.92. The van der Waals surface area contributed by atoms with Gasteiger partial charge in [-0.15, -0.1) is 0 Å². The molecule has 1 unspecified atom stereocenters. The molecule has 1 aliphatic rings. The number of benzene rings is 1. The topological polar surface area (TPSA) is 80.5 Å². The van der Waals surface area contributed by atoms with Crippen LogP contribution in [0.2, 0.25) is 0 Å². The zero-order valence-corrected chi connectivity index (χ0v) is 15.2. The third-order valence-electron chi connectivity index (χ3n) is 4.38. The zero-order valence-electron chi connectivity index (χ0n) is 14.4. The lowest BCUT2D eigenvalue weighted by Crippen LogP contribution is -2.34. The molecule has 0 aliphatic carbocycles. The monoisotopic (exact) mass is 353 g/mol. The van der Waals surface area contributed by atoms with Crippen molar-refractivity contribution < 1.29 is 22.7 Å². The van der Waals surface area contributed by atoms with Crippen molar-refractivity contribution in [1.29, 1.82) is 0 Å². The summed E-state index contributed by atoms with van der Waals surface area (Å²) >= 11 is 0. The molecule has 0 bridgehead atoms. The summed E-state index contributed by atoms with van der Waals surface area (Å²) in [5, 5.41) is 0. The van der Waals surface area contributed by atoms with Crippen molar-refractivity contribution in [1.82, 2.24) is 4.31 Å². The molecule has 0 spiro atoms. The molecule has 1 aromatic carbocycles. The number of sulfonamides is 1. The Hall–Kier alpha value is -1.73. The summed E-state index contributed by atoms with van der Waals surface area (Å²) in [7, 11) is -3.76. The zero-order chi connectivity index (χ0) is 18.1. The lowest BCUT2D eigenvalue weighted by Gasteiger charge is -2.18. The fourth-order valence-corrected chi connectivity index (χ4v) is 4.61. The first-order valence-corrected chi connectivity index (χ1v) is 9.36. The van der Waals surface area contributed by atoms with E-state index in [4.69, 9.17) is 4.74 Å². The quantitative estimate of drug-likeness (QED) is 0.553. The molecule has 6 nitrogen and oxygen atoms in total. The van der Waals surface area contributed by atoms with Crippen LogP contribution in [0.5, 0.6) is 0 Å². The molecule has 3 atom stereocenters. The second kappa shape index (κ2) is 6.64. The molecule has 0 amide bonds. The van der Waals surface area contributed by atoms with Crippen molar-refractivity contribution in [2.24, 2.45) is 5.92 Å². The van der Waals surface area contributed by atoms with Crippen molar-refractivity contribution in [2.45, 2.75) is 44.6 Å². The molecule has 0 radical (unpaired) electrons. The summed E-state index contributed by atoms with van der Waals surface area (Å²) in [6.07, 6.45) is 0.131. The predicted octanol–water partition coefficient (Wildman–Crippen LogP) is 1.92. The lowest BCUT2D eigenvalue weighted by atomic mass is 9.93. The Bertz CT molecular complexity index is 741. The molecule has 0 N–H and O–H groups in total. The fourth-order valence-electron chi connectivity index (χ4n) is 2.83. The number of aryl methyl sites for hydroxylation is 1. The van der Waals surface area contributed by atoms with Gasteiger partial charge in [0, 0.05) is 6.54 Å². The van der Waals surface area contributed by atoms with E-state index in [9.17, 15) is 18.0 Å². The first kappa shape index (κ1) is 18.6. The van der Waals surface area contributed by atoms with Gasteiger partial charge >= 0.3 is 5.97 Å². The van der Waals surface area contributed by atoms with E-state index in [0.29, 0.717) is 0 Å². The largest absolute Gasteiger partial charge is 0.466 e. The molecule has 1 aliphatic heterocycles. The number of rotatable bonds is 7.